The van der Waals surface area contributed by atoms with Crippen molar-refractivity contribution < 1.29 is 0 Å². The van der Waals surface area contributed by atoms with Gasteiger partial charge in [0.15, 0.2) is 0 Å². The average molecular weight is 158 g/mol. The molecule has 1 aliphatic rings. The fourth-order valence-electron chi connectivity index (χ4n) is 1.36. The van der Waals surface area contributed by atoms with Crippen molar-refractivity contribution in [1.82, 2.24) is 5.32 Å². The summed E-state index contributed by atoms with van der Waals surface area (Å²) in [6.45, 7) is 1.12. The molecule has 1 heterocycles. The Morgan fingerprint density at radius 2 is 2.00 bits per heavy atom. The second-order valence-electron chi connectivity index (χ2n) is 3.03. The van der Waals surface area contributed by atoms with Gasteiger partial charge in [-0.3, -0.25) is 0 Å². The average Bonchev–Trinajstić information content (AvgIpc) is 2.03. The zero-order valence-electron chi connectivity index (χ0n) is 6.75. The molecule has 1 aromatic rings. The Hall–Kier alpha value is -1.33. The Morgan fingerprint density at radius 3 is 2.42 bits per heavy atom. The summed E-state index contributed by atoms with van der Waals surface area (Å²) in [5.74, 6) is 0. The molecule has 2 rings (SSSR count). The van der Waals surface area contributed by atoms with E-state index < -0.39 is 0 Å². The Morgan fingerprint density at radius 1 is 1.33 bits per heavy atom. The molecular formula is C10H10N2. The molecule has 0 radical (unpaired) electrons. The second kappa shape index (κ2) is 2.96. The van der Waals surface area contributed by atoms with Gasteiger partial charge in [-0.25, -0.2) is 0 Å². The monoisotopic (exact) mass is 158 g/mol. The summed E-state index contributed by atoms with van der Waals surface area (Å²) in [6.07, 6.45) is 1.21. The quantitative estimate of drug-likeness (QED) is 0.673. The Kier molecular flexibility index (Phi) is 1.81. The molecule has 0 saturated carbocycles. The summed E-state index contributed by atoms with van der Waals surface area (Å²) in [4.78, 5) is 0. The normalized spacial score (nSPS) is 21.1. The van der Waals surface area contributed by atoms with Gasteiger partial charge in [-0.15, -0.1) is 0 Å². The van der Waals surface area contributed by atoms with Crippen LogP contribution in [0.4, 0.5) is 0 Å². The number of nitrogens with one attached hydrogen (secondary N) is 1. The van der Waals surface area contributed by atoms with Gasteiger partial charge in [-0.05, 0) is 30.7 Å². The van der Waals surface area contributed by atoms with Crippen LogP contribution in [0.5, 0.6) is 0 Å². The van der Waals surface area contributed by atoms with Gasteiger partial charge in [-0.1, -0.05) is 12.1 Å². The van der Waals surface area contributed by atoms with Crippen molar-refractivity contribution in [2.24, 2.45) is 0 Å². The smallest absolute Gasteiger partial charge is 0.0991 e. The van der Waals surface area contributed by atoms with Crippen molar-refractivity contribution in [2.75, 3.05) is 6.54 Å². The molecule has 0 spiro atoms. The van der Waals surface area contributed by atoms with E-state index in [0.29, 0.717) is 6.04 Å². The van der Waals surface area contributed by atoms with E-state index in [1.165, 1.54) is 12.0 Å². The van der Waals surface area contributed by atoms with Gasteiger partial charge in [-0.2, -0.15) is 5.26 Å². The van der Waals surface area contributed by atoms with Crippen LogP contribution in [0.1, 0.15) is 23.6 Å². The molecule has 60 valence electrons. The van der Waals surface area contributed by atoms with Crippen LogP contribution in [0.2, 0.25) is 0 Å². The van der Waals surface area contributed by atoms with E-state index in [2.05, 4.69) is 11.4 Å². The Balaban J connectivity index is 2.19. The molecule has 1 N–H and O–H groups in total. The fourth-order valence-corrected chi connectivity index (χ4v) is 1.36. The number of nitrogens with zero attached hydrogens (tertiary/aromatic N) is 1. The summed E-state index contributed by atoms with van der Waals surface area (Å²) in [5, 5.41) is 11.9. The topological polar surface area (TPSA) is 35.8 Å². The Bertz CT molecular complexity index is 304. The van der Waals surface area contributed by atoms with E-state index in [1.807, 2.05) is 24.3 Å². The molecule has 0 bridgehead atoms. The highest BCUT2D eigenvalue weighted by Crippen LogP contribution is 2.22. The molecule has 0 aliphatic carbocycles. The van der Waals surface area contributed by atoms with Crippen molar-refractivity contribution in [1.29, 1.82) is 5.26 Å². The van der Waals surface area contributed by atoms with Gasteiger partial charge in [0, 0.05) is 6.04 Å². The third-order valence-corrected chi connectivity index (χ3v) is 2.27. The SMILES string of the molecule is N#Cc1ccc([C@H]2CCN2)cc1. The molecule has 2 nitrogen and oxygen atoms in total. The minimum Gasteiger partial charge on any atom is -0.310 e. The maximum Gasteiger partial charge on any atom is 0.0991 e. The van der Waals surface area contributed by atoms with E-state index in [1.54, 1.807) is 0 Å². The molecule has 1 saturated heterocycles. The lowest BCUT2D eigenvalue weighted by molar-refractivity contribution is 0.383. The lowest BCUT2D eigenvalue weighted by Gasteiger charge is -2.27. The lowest BCUT2D eigenvalue weighted by atomic mass is 9.97. The minimum atomic E-state index is 0.526. The highest BCUT2D eigenvalue weighted by molar-refractivity contribution is 5.33. The van der Waals surface area contributed by atoms with E-state index in [-0.39, 0.29) is 0 Å². The zero-order chi connectivity index (χ0) is 8.39. The number of hydrogen-bond donors (Lipinski definition) is 1. The van der Waals surface area contributed by atoms with E-state index in [0.717, 1.165) is 12.1 Å². The van der Waals surface area contributed by atoms with Crippen molar-refractivity contribution in [3.63, 3.8) is 0 Å². The van der Waals surface area contributed by atoms with E-state index in [9.17, 15) is 0 Å². The molecule has 0 amide bonds. The predicted octanol–water partition coefficient (Wildman–Crippen LogP) is 1.59. The van der Waals surface area contributed by atoms with Crippen molar-refractivity contribution in [2.45, 2.75) is 12.5 Å². The molecular weight excluding hydrogens is 148 g/mol. The summed E-state index contributed by atoms with van der Waals surface area (Å²) >= 11 is 0. The van der Waals surface area contributed by atoms with Crippen LogP contribution in [0, 0.1) is 11.3 Å². The molecule has 1 atom stereocenters. The first-order valence-electron chi connectivity index (χ1n) is 4.13. The first kappa shape index (κ1) is 7.33. The summed E-state index contributed by atoms with van der Waals surface area (Å²) in [6, 6.07) is 10.4. The van der Waals surface area contributed by atoms with Crippen LogP contribution < -0.4 is 5.32 Å². The first-order valence-corrected chi connectivity index (χ1v) is 4.13. The van der Waals surface area contributed by atoms with Crippen molar-refractivity contribution in [3.8, 4) is 6.07 Å². The molecule has 12 heavy (non-hydrogen) atoms. The number of nitriles is 1. The third kappa shape index (κ3) is 1.19. The molecule has 2 heteroatoms. The fraction of sp³-hybridized carbons (Fsp3) is 0.300. The molecule has 1 aliphatic heterocycles. The maximum absolute atomic E-state index is 8.57. The van der Waals surface area contributed by atoms with Crippen LogP contribution in [0.25, 0.3) is 0 Å². The van der Waals surface area contributed by atoms with Crippen LogP contribution in [0.3, 0.4) is 0 Å². The first-order chi connectivity index (χ1) is 5.90. The van der Waals surface area contributed by atoms with E-state index >= 15 is 0 Å². The van der Waals surface area contributed by atoms with Gasteiger partial charge in [0.2, 0.25) is 0 Å². The number of hydrogen-bond acceptors (Lipinski definition) is 2. The van der Waals surface area contributed by atoms with Crippen LogP contribution >= 0.6 is 0 Å². The van der Waals surface area contributed by atoms with Crippen LogP contribution in [-0.4, -0.2) is 6.54 Å². The van der Waals surface area contributed by atoms with Crippen LogP contribution in [-0.2, 0) is 0 Å². The maximum atomic E-state index is 8.57. The van der Waals surface area contributed by atoms with Gasteiger partial charge in [0.25, 0.3) is 0 Å². The molecule has 1 aromatic carbocycles. The van der Waals surface area contributed by atoms with Gasteiger partial charge in [0.1, 0.15) is 0 Å². The highest BCUT2D eigenvalue weighted by atomic mass is 15.0. The minimum absolute atomic E-state index is 0.526. The molecule has 1 fully saturated rings. The standard InChI is InChI=1S/C10H10N2/c11-7-8-1-3-9(4-2-8)10-5-6-12-10/h1-4,10,12H,5-6H2/t10-/m1/s1. The number of benzene rings is 1. The lowest BCUT2D eigenvalue weighted by Crippen LogP contribution is -2.34. The largest absolute Gasteiger partial charge is 0.310 e. The van der Waals surface area contributed by atoms with Crippen molar-refractivity contribution in [3.05, 3.63) is 35.4 Å². The Labute approximate surface area is 71.8 Å². The summed E-state index contributed by atoms with van der Waals surface area (Å²) < 4.78 is 0. The predicted molar refractivity (Wildman–Crippen MR) is 46.5 cm³/mol. The second-order valence-corrected chi connectivity index (χ2v) is 3.03. The van der Waals surface area contributed by atoms with Crippen molar-refractivity contribution >= 4 is 0 Å². The van der Waals surface area contributed by atoms with Gasteiger partial charge in [0.05, 0.1) is 11.6 Å². The summed E-state index contributed by atoms with van der Waals surface area (Å²) in [7, 11) is 0. The summed E-state index contributed by atoms with van der Waals surface area (Å²) in [5.41, 5.74) is 2.03. The number of rotatable bonds is 1. The van der Waals surface area contributed by atoms with Crippen LogP contribution in [0.15, 0.2) is 24.3 Å². The van der Waals surface area contributed by atoms with E-state index in [4.69, 9.17) is 5.26 Å². The third-order valence-electron chi connectivity index (χ3n) is 2.27. The van der Waals surface area contributed by atoms with Gasteiger partial charge >= 0.3 is 0 Å². The highest BCUT2D eigenvalue weighted by Gasteiger charge is 2.17. The zero-order valence-corrected chi connectivity index (χ0v) is 6.75. The molecule has 0 aromatic heterocycles. The molecule has 0 unspecified atom stereocenters. The van der Waals surface area contributed by atoms with Gasteiger partial charge < -0.3 is 5.32 Å².